The summed E-state index contributed by atoms with van der Waals surface area (Å²) in [6.45, 7) is 0. The van der Waals surface area contributed by atoms with Gasteiger partial charge in [-0.25, -0.2) is 0 Å². The Morgan fingerprint density at radius 3 is 1.40 bits per heavy atom. The monoisotopic (exact) mass is 774 g/mol. The first-order valence-electron chi connectivity index (χ1n) is 24.8. The molecule has 11 rings (SSSR count). The second-order valence-electron chi connectivity index (χ2n) is 14.7. The number of benzene rings is 10. The largest absolute Gasteiger partial charge is 0.310 e. The molecule has 1 heterocycles. The molecule has 60 heavy (non-hydrogen) atoms. The lowest BCUT2D eigenvalue weighted by atomic mass is 9.97. The second-order valence-corrected chi connectivity index (χ2v) is 14.7. The van der Waals surface area contributed by atoms with E-state index >= 15 is 0 Å². The molecule has 2 heteroatoms. The second kappa shape index (κ2) is 15.1. The lowest BCUT2D eigenvalue weighted by Crippen LogP contribution is -2.09. The molecule has 0 aliphatic heterocycles. The van der Waals surface area contributed by atoms with Gasteiger partial charge >= 0.3 is 0 Å². The molecule has 10 aromatic carbocycles. The van der Waals surface area contributed by atoms with E-state index in [1.165, 1.54) is 16.3 Å². The Labute approximate surface area is 364 Å². The molecular formula is C58H40N2. The van der Waals surface area contributed by atoms with Crippen LogP contribution in [0.25, 0.3) is 82.8 Å². The van der Waals surface area contributed by atoms with Gasteiger partial charge < -0.3 is 9.47 Å². The fourth-order valence-corrected chi connectivity index (χ4v) is 8.20. The number of anilines is 3. The topological polar surface area (TPSA) is 8.17 Å². The lowest BCUT2D eigenvalue weighted by Gasteiger charge is -2.26. The number of aromatic nitrogens is 1. The quantitative estimate of drug-likeness (QED) is 0.149. The minimum Gasteiger partial charge on any atom is -0.310 e. The molecule has 0 atom stereocenters. The maximum atomic E-state index is 8.56. The molecule has 282 valence electrons. The first kappa shape index (κ1) is 26.1. The van der Waals surface area contributed by atoms with E-state index in [1.54, 1.807) is 24.3 Å². The average Bonchev–Trinajstić information content (AvgIpc) is 3.73. The van der Waals surface area contributed by atoms with E-state index in [-0.39, 0.29) is 35.3 Å². The fourth-order valence-electron chi connectivity index (χ4n) is 8.20. The van der Waals surface area contributed by atoms with Crippen LogP contribution in [-0.4, -0.2) is 4.57 Å². The summed E-state index contributed by atoms with van der Waals surface area (Å²) in [4.78, 5) is 2.01. The van der Waals surface area contributed by atoms with Gasteiger partial charge in [0.15, 0.2) is 0 Å². The van der Waals surface area contributed by atoms with Crippen LogP contribution >= 0.6 is 0 Å². The summed E-state index contributed by atoms with van der Waals surface area (Å²) in [6, 6.07) is 57.5. The Kier molecular flexibility index (Phi) is 6.58. The number of nitrogens with zero attached hydrogens (tertiary/aromatic N) is 2. The number of fused-ring (bicyclic) bond motifs is 4. The normalized spacial score (nSPS) is 13.7. The third kappa shape index (κ3) is 6.51. The zero-order chi connectivity index (χ0) is 48.5. The summed E-state index contributed by atoms with van der Waals surface area (Å²) >= 11 is 0. The van der Waals surface area contributed by atoms with Crippen molar-refractivity contribution in [3.05, 3.63) is 242 Å². The van der Waals surface area contributed by atoms with E-state index in [1.807, 2.05) is 41.3 Å². The molecule has 0 amide bonds. The van der Waals surface area contributed by atoms with Crippen LogP contribution in [0.15, 0.2) is 242 Å². The van der Waals surface area contributed by atoms with Gasteiger partial charge in [-0.1, -0.05) is 176 Å². The van der Waals surface area contributed by atoms with E-state index in [0.717, 1.165) is 49.9 Å². The van der Waals surface area contributed by atoms with Gasteiger partial charge in [0.2, 0.25) is 0 Å². The number of hydrogen-bond donors (Lipinski definition) is 0. The highest BCUT2D eigenvalue weighted by Crippen LogP contribution is 2.40. The average molecular weight is 775 g/mol. The first-order chi connectivity index (χ1) is 33.9. The van der Waals surface area contributed by atoms with Crippen molar-refractivity contribution in [1.82, 2.24) is 4.57 Å². The van der Waals surface area contributed by atoms with Gasteiger partial charge in [-0.2, -0.15) is 0 Å². The molecule has 0 aliphatic carbocycles. The van der Waals surface area contributed by atoms with Crippen LogP contribution in [0.3, 0.4) is 0 Å². The van der Waals surface area contributed by atoms with Gasteiger partial charge in [-0.15, -0.1) is 0 Å². The Balaban J connectivity index is 0.942. The summed E-state index contributed by atoms with van der Waals surface area (Å²) in [5.74, 6) is 0. The molecule has 0 spiro atoms. The van der Waals surface area contributed by atoms with Crippen LogP contribution in [0.2, 0.25) is 0 Å². The van der Waals surface area contributed by atoms with Crippen LogP contribution in [0.4, 0.5) is 17.1 Å². The summed E-state index contributed by atoms with van der Waals surface area (Å²) in [7, 11) is 0. The summed E-state index contributed by atoms with van der Waals surface area (Å²) in [5.41, 5.74) is 11.2. The van der Waals surface area contributed by atoms with Gasteiger partial charge in [-0.05, 0) is 122 Å². The molecule has 0 N–H and O–H groups in total. The minimum atomic E-state index is -0.455. The maximum absolute atomic E-state index is 8.56. The van der Waals surface area contributed by atoms with Gasteiger partial charge in [0, 0.05) is 33.5 Å². The highest BCUT2D eigenvalue weighted by molar-refractivity contribution is 6.10. The van der Waals surface area contributed by atoms with Crippen LogP contribution in [0.1, 0.15) is 13.7 Å². The molecule has 0 unspecified atom stereocenters. The van der Waals surface area contributed by atoms with Crippen LogP contribution < -0.4 is 4.90 Å². The zero-order valence-corrected chi connectivity index (χ0v) is 32.2. The van der Waals surface area contributed by atoms with Crippen molar-refractivity contribution in [2.75, 3.05) is 4.90 Å². The Morgan fingerprint density at radius 1 is 0.317 bits per heavy atom. The summed E-state index contributed by atoms with van der Waals surface area (Å²) in [5, 5.41) is 4.43. The Morgan fingerprint density at radius 2 is 0.767 bits per heavy atom. The summed E-state index contributed by atoms with van der Waals surface area (Å²) < 4.78 is 85.6. The molecule has 11 aromatic rings. The van der Waals surface area contributed by atoms with Crippen molar-refractivity contribution >= 4 is 49.6 Å². The Bertz CT molecular complexity index is 3700. The van der Waals surface area contributed by atoms with Gasteiger partial charge in [-0.3, -0.25) is 0 Å². The van der Waals surface area contributed by atoms with Crippen molar-refractivity contribution < 1.29 is 13.7 Å². The molecule has 0 radical (unpaired) electrons. The van der Waals surface area contributed by atoms with Crippen molar-refractivity contribution in [2.45, 2.75) is 0 Å². The smallest absolute Gasteiger partial charge is 0.0629 e. The van der Waals surface area contributed by atoms with Crippen molar-refractivity contribution in [3.63, 3.8) is 0 Å². The van der Waals surface area contributed by atoms with Gasteiger partial charge in [0.25, 0.3) is 0 Å². The number of para-hydroxylation sites is 2. The molecule has 0 aliphatic rings. The molecule has 0 bridgehead atoms. The van der Waals surface area contributed by atoms with Crippen molar-refractivity contribution in [3.8, 4) is 50.2 Å². The van der Waals surface area contributed by atoms with E-state index in [2.05, 4.69) is 126 Å². The number of hydrogen-bond acceptors (Lipinski definition) is 1. The van der Waals surface area contributed by atoms with Gasteiger partial charge in [0.05, 0.1) is 24.7 Å². The maximum Gasteiger partial charge on any atom is 0.0629 e. The summed E-state index contributed by atoms with van der Waals surface area (Å²) in [6.07, 6.45) is 0. The van der Waals surface area contributed by atoms with E-state index in [9.17, 15) is 0 Å². The molecule has 0 saturated heterocycles. The predicted octanol–water partition coefficient (Wildman–Crippen LogP) is 16.1. The first-order valence-corrected chi connectivity index (χ1v) is 19.8. The van der Waals surface area contributed by atoms with Gasteiger partial charge in [0.1, 0.15) is 0 Å². The molecule has 0 saturated carbocycles. The van der Waals surface area contributed by atoms with Crippen molar-refractivity contribution in [1.29, 1.82) is 0 Å². The van der Waals surface area contributed by atoms with E-state index in [4.69, 9.17) is 13.7 Å². The lowest BCUT2D eigenvalue weighted by molar-refractivity contribution is 1.18. The molecule has 1 aromatic heterocycles. The highest BCUT2D eigenvalue weighted by Gasteiger charge is 2.16. The predicted molar refractivity (Wildman–Crippen MR) is 255 cm³/mol. The van der Waals surface area contributed by atoms with Crippen LogP contribution in [-0.2, 0) is 0 Å². The highest BCUT2D eigenvalue weighted by atomic mass is 15.1. The third-order valence-electron chi connectivity index (χ3n) is 11.2. The molecule has 2 nitrogen and oxygen atoms in total. The fraction of sp³-hybridized carbons (Fsp3) is 0. The van der Waals surface area contributed by atoms with Crippen LogP contribution in [0, 0.1) is 0 Å². The molecular weight excluding hydrogens is 725 g/mol. The third-order valence-corrected chi connectivity index (χ3v) is 11.2. The van der Waals surface area contributed by atoms with Crippen LogP contribution in [0.5, 0.6) is 0 Å². The number of rotatable bonds is 8. The van der Waals surface area contributed by atoms with E-state index < -0.39 is 36.3 Å². The zero-order valence-electron chi connectivity index (χ0n) is 42.2. The van der Waals surface area contributed by atoms with Crippen molar-refractivity contribution in [2.24, 2.45) is 0 Å². The Hall–Kier alpha value is -7.94. The minimum absolute atomic E-state index is 0.105. The SMILES string of the molecule is [2H]c1c([2H])c([2H])c(-c2ccc(N(c3ccc(-c4c([2H])c([2H])c([2H])c([2H])c4[2H])cc3)c3ccc4cc(-c5ccc(-c6ccc7c8ccccc8n(-c8ccccc8)c7c6)cc5)ccc4c3)cc2)c([2H])c1[2H]. The molecule has 0 fully saturated rings. The standard InChI is InChI=1S/C58H40N2/c1-4-12-41(13-5-1)43-26-32-52(33-27-43)59(53-34-28-44(29-35-53)42-14-6-2-7-15-42)54-36-30-48-38-47(24-25-49(48)39-54)45-20-22-46(23-21-45)50-31-37-56-55-18-10-11-19-57(55)60(58(56)40-50)51-16-8-3-9-17-51/h1-40H/i1D,2D,4D,5D,6D,7D,12D,13D,14D,15D. The van der Waals surface area contributed by atoms with E-state index in [0.29, 0.717) is 22.5 Å².